The molecule has 0 aromatic carbocycles. The molecule has 0 aliphatic carbocycles. The van der Waals surface area contributed by atoms with Crippen LogP contribution in [0.2, 0.25) is 0 Å². The summed E-state index contributed by atoms with van der Waals surface area (Å²) in [5.74, 6) is 0.648. The molecular formula is C10H21F2NO. The maximum absolute atomic E-state index is 11.6. The van der Waals surface area contributed by atoms with Crippen LogP contribution in [0, 0.1) is 5.92 Å². The predicted molar refractivity (Wildman–Crippen MR) is 53.8 cm³/mol. The zero-order chi connectivity index (χ0) is 10.8. The van der Waals surface area contributed by atoms with Gasteiger partial charge in [-0.3, -0.25) is 0 Å². The van der Waals surface area contributed by atoms with E-state index >= 15 is 0 Å². The van der Waals surface area contributed by atoms with Gasteiger partial charge in [0, 0.05) is 6.54 Å². The maximum atomic E-state index is 11.6. The Hall–Kier alpha value is -0.220. The molecule has 0 aromatic heterocycles. The normalized spacial score (nSPS) is 13.5. The van der Waals surface area contributed by atoms with Gasteiger partial charge in [0.15, 0.2) is 0 Å². The number of hydrogen-bond acceptors (Lipinski definition) is 2. The van der Waals surface area contributed by atoms with E-state index in [1.165, 1.54) is 12.8 Å². The summed E-state index contributed by atoms with van der Waals surface area (Å²) in [7, 11) is 0. The maximum Gasteiger partial charge on any atom is 0.261 e. The van der Waals surface area contributed by atoms with Gasteiger partial charge in [-0.25, -0.2) is 8.78 Å². The van der Waals surface area contributed by atoms with Gasteiger partial charge in [0.05, 0.1) is 6.61 Å². The third-order valence-corrected chi connectivity index (χ3v) is 1.94. The van der Waals surface area contributed by atoms with Crippen molar-refractivity contribution in [3.63, 3.8) is 0 Å². The lowest BCUT2D eigenvalue weighted by atomic mass is 10.1. The molecule has 0 fully saturated rings. The van der Waals surface area contributed by atoms with Crippen LogP contribution in [0.4, 0.5) is 8.78 Å². The van der Waals surface area contributed by atoms with Crippen molar-refractivity contribution in [3.8, 4) is 0 Å². The average Bonchev–Trinajstić information content (AvgIpc) is 2.11. The number of alkyl halides is 2. The van der Waals surface area contributed by atoms with E-state index in [0.717, 1.165) is 6.54 Å². The second-order valence-corrected chi connectivity index (χ2v) is 3.56. The van der Waals surface area contributed by atoms with Crippen LogP contribution < -0.4 is 5.32 Å². The average molecular weight is 209 g/mol. The Labute approximate surface area is 85.0 Å². The van der Waals surface area contributed by atoms with E-state index < -0.39 is 13.0 Å². The third-order valence-electron chi connectivity index (χ3n) is 1.94. The fourth-order valence-corrected chi connectivity index (χ4v) is 1.26. The fraction of sp³-hybridized carbons (Fsp3) is 1.00. The molecule has 0 rings (SSSR count). The zero-order valence-electron chi connectivity index (χ0n) is 9.06. The van der Waals surface area contributed by atoms with Crippen LogP contribution in [0.3, 0.4) is 0 Å². The number of rotatable bonds is 9. The SMILES string of the molecule is CCCC(C)CNCCOCC(F)F. The highest BCUT2D eigenvalue weighted by atomic mass is 19.3. The molecule has 0 radical (unpaired) electrons. The Kier molecular flexibility index (Phi) is 9.19. The smallest absolute Gasteiger partial charge is 0.261 e. The summed E-state index contributed by atoms with van der Waals surface area (Å²) < 4.78 is 28.0. The van der Waals surface area contributed by atoms with Gasteiger partial charge in [-0.15, -0.1) is 0 Å². The molecule has 0 aliphatic rings. The van der Waals surface area contributed by atoms with Crippen molar-refractivity contribution in [1.29, 1.82) is 0 Å². The Morgan fingerprint density at radius 1 is 1.36 bits per heavy atom. The highest BCUT2D eigenvalue weighted by Gasteiger charge is 2.01. The molecule has 0 saturated carbocycles. The molecule has 0 aliphatic heterocycles. The number of nitrogens with one attached hydrogen (secondary N) is 1. The molecule has 14 heavy (non-hydrogen) atoms. The quantitative estimate of drug-likeness (QED) is 0.588. The van der Waals surface area contributed by atoms with Gasteiger partial charge >= 0.3 is 0 Å². The van der Waals surface area contributed by atoms with Crippen molar-refractivity contribution < 1.29 is 13.5 Å². The molecule has 1 unspecified atom stereocenters. The summed E-state index contributed by atoms with van der Waals surface area (Å²) in [6.45, 7) is 5.83. The van der Waals surface area contributed by atoms with Gasteiger partial charge in [0.25, 0.3) is 6.43 Å². The number of halogens is 2. The molecule has 0 heterocycles. The van der Waals surface area contributed by atoms with Crippen LogP contribution in [0.1, 0.15) is 26.7 Å². The summed E-state index contributed by atoms with van der Waals surface area (Å²) >= 11 is 0. The molecule has 0 aromatic rings. The first-order valence-corrected chi connectivity index (χ1v) is 5.23. The Bertz CT molecular complexity index is 123. The monoisotopic (exact) mass is 209 g/mol. The molecule has 86 valence electrons. The second-order valence-electron chi connectivity index (χ2n) is 3.56. The van der Waals surface area contributed by atoms with Crippen molar-refractivity contribution >= 4 is 0 Å². The minimum absolute atomic E-state index is 0.364. The van der Waals surface area contributed by atoms with Crippen LogP contribution in [-0.4, -0.2) is 32.7 Å². The minimum atomic E-state index is -2.35. The van der Waals surface area contributed by atoms with E-state index in [1.807, 2.05) is 0 Å². The predicted octanol–water partition coefficient (Wildman–Crippen LogP) is 2.29. The van der Waals surface area contributed by atoms with Gasteiger partial charge in [-0.2, -0.15) is 0 Å². The van der Waals surface area contributed by atoms with E-state index in [1.54, 1.807) is 0 Å². The molecule has 1 N–H and O–H groups in total. The highest BCUT2D eigenvalue weighted by molar-refractivity contribution is 4.55. The lowest BCUT2D eigenvalue weighted by molar-refractivity contribution is 0.0186. The lowest BCUT2D eigenvalue weighted by Gasteiger charge is -2.11. The van der Waals surface area contributed by atoms with Crippen molar-refractivity contribution in [1.82, 2.24) is 5.32 Å². The molecule has 1 atom stereocenters. The summed E-state index contributed by atoms with van der Waals surface area (Å²) in [4.78, 5) is 0. The van der Waals surface area contributed by atoms with Gasteiger partial charge < -0.3 is 10.1 Å². The van der Waals surface area contributed by atoms with Gasteiger partial charge in [-0.05, 0) is 18.9 Å². The molecule has 4 heteroatoms. The fourth-order valence-electron chi connectivity index (χ4n) is 1.26. The number of hydrogen-bond donors (Lipinski definition) is 1. The van der Waals surface area contributed by atoms with Crippen molar-refractivity contribution in [2.45, 2.75) is 33.1 Å². The Morgan fingerprint density at radius 3 is 2.64 bits per heavy atom. The zero-order valence-corrected chi connectivity index (χ0v) is 9.06. The van der Waals surface area contributed by atoms with E-state index in [-0.39, 0.29) is 0 Å². The first kappa shape index (κ1) is 13.8. The molecule has 2 nitrogen and oxygen atoms in total. The van der Waals surface area contributed by atoms with E-state index in [2.05, 4.69) is 19.2 Å². The minimum Gasteiger partial charge on any atom is -0.374 e. The second kappa shape index (κ2) is 9.34. The summed E-state index contributed by atoms with van der Waals surface area (Å²) in [5.41, 5.74) is 0. The van der Waals surface area contributed by atoms with E-state index in [0.29, 0.717) is 19.1 Å². The summed E-state index contributed by atoms with van der Waals surface area (Å²) in [6.07, 6.45) is 0.0318. The largest absolute Gasteiger partial charge is 0.374 e. The topological polar surface area (TPSA) is 21.3 Å². The Balaban J connectivity index is 3.05. The summed E-state index contributed by atoms with van der Waals surface area (Å²) in [5, 5.41) is 3.17. The molecule has 0 bridgehead atoms. The van der Waals surface area contributed by atoms with E-state index in [4.69, 9.17) is 4.74 Å². The van der Waals surface area contributed by atoms with E-state index in [9.17, 15) is 8.78 Å². The van der Waals surface area contributed by atoms with Crippen molar-refractivity contribution in [2.75, 3.05) is 26.3 Å². The lowest BCUT2D eigenvalue weighted by Crippen LogP contribution is -2.25. The van der Waals surface area contributed by atoms with Crippen LogP contribution >= 0.6 is 0 Å². The highest BCUT2D eigenvalue weighted by Crippen LogP contribution is 2.02. The van der Waals surface area contributed by atoms with Crippen molar-refractivity contribution in [3.05, 3.63) is 0 Å². The number of ether oxygens (including phenoxy) is 1. The molecule has 0 amide bonds. The first-order valence-electron chi connectivity index (χ1n) is 5.23. The van der Waals surface area contributed by atoms with Gasteiger partial charge in [0.2, 0.25) is 0 Å². The van der Waals surface area contributed by atoms with Crippen LogP contribution in [0.25, 0.3) is 0 Å². The first-order chi connectivity index (χ1) is 6.66. The summed E-state index contributed by atoms with van der Waals surface area (Å²) in [6, 6.07) is 0. The Morgan fingerprint density at radius 2 is 2.07 bits per heavy atom. The molecular weight excluding hydrogens is 188 g/mol. The third kappa shape index (κ3) is 9.86. The van der Waals surface area contributed by atoms with Crippen molar-refractivity contribution in [2.24, 2.45) is 5.92 Å². The van der Waals surface area contributed by atoms with Crippen LogP contribution in [0.15, 0.2) is 0 Å². The van der Waals surface area contributed by atoms with Gasteiger partial charge in [-0.1, -0.05) is 20.3 Å². The van der Waals surface area contributed by atoms with Crippen LogP contribution in [0.5, 0.6) is 0 Å². The van der Waals surface area contributed by atoms with Gasteiger partial charge in [0.1, 0.15) is 6.61 Å². The molecule has 0 spiro atoms. The standard InChI is InChI=1S/C10H21F2NO/c1-3-4-9(2)7-13-5-6-14-8-10(11)12/h9-10,13H,3-8H2,1-2H3. The molecule has 0 saturated heterocycles. The van der Waals surface area contributed by atoms with Crippen LogP contribution in [-0.2, 0) is 4.74 Å².